The first-order valence-corrected chi connectivity index (χ1v) is 6.21. The average molecular weight is 229 g/mol. The zero-order valence-electron chi connectivity index (χ0n) is 10.1. The second-order valence-corrected chi connectivity index (χ2v) is 4.49. The van der Waals surface area contributed by atoms with Crippen molar-refractivity contribution in [1.29, 1.82) is 0 Å². The lowest BCUT2D eigenvalue weighted by Crippen LogP contribution is -2.27. The summed E-state index contributed by atoms with van der Waals surface area (Å²) in [6, 6.07) is -0.0489. The highest BCUT2D eigenvalue weighted by Gasteiger charge is 2.16. The molecule has 0 bridgehead atoms. The molecule has 1 rings (SSSR count). The molecule has 0 aromatic heterocycles. The van der Waals surface area contributed by atoms with Gasteiger partial charge in [0.1, 0.15) is 0 Å². The van der Waals surface area contributed by atoms with E-state index in [0.717, 1.165) is 38.9 Å². The molecule has 1 fully saturated rings. The smallest absolute Gasteiger partial charge is 0.307 e. The summed E-state index contributed by atoms with van der Waals surface area (Å²) in [4.78, 5) is 11.4. The molecule has 94 valence electrons. The summed E-state index contributed by atoms with van der Waals surface area (Å²) in [7, 11) is 0. The highest BCUT2D eigenvalue weighted by Crippen LogP contribution is 2.15. The maximum atomic E-state index is 11.4. The first-order valence-electron chi connectivity index (χ1n) is 6.21. The van der Waals surface area contributed by atoms with Crippen LogP contribution in [0.1, 0.15) is 39.0 Å². The second kappa shape index (κ2) is 7.63. The molecule has 4 heteroatoms. The van der Waals surface area contributed by atoms with Gasteiger partial charge in [-0.3, -0.25) is 4.79 Å². The Bertz CT molecular complexity index is 202. The van der Waals surface area contributed by atoms with Gasteiger partial charge in [0.25, 0.3) is 0 Å². The Morgan fingerprint density at radius 1 is 1.50 bits per heavy atom. The van der Waals surface area contributed by atoms with Crippen molar-refractivity contribution in [2.45, 2.75) is 45.1 Å². The molecule has 0 spiro atoms. The van der Waals surface area contributed by atoms with Gasteiger partial charge in [0.15, 0.2) is 0 Å². The third-order valence-corrected chi connectivity index (χ3v) is 2.91. The molecule has 0 saturated carbocycles. The Balaban J connectivity index is 2.09. The number of ether oxygens (including phenoxy) is 2. The van der Waals surface area contributed by atoms with E-state index in [2.05, 4.69) is 6.92 Å². The van der Waals surface area contributed by atoms with Crippen LogP contribution in [0.15, 0.2) is 0 Å². The highest BCUT2D eigenvalue weighted by atomic mass is 16.5. The summed E-state index contributed by atoms with van der Waals surface area (Å²) in [5, 5.41) is 0. The fourth-order valence-electron chi connectivity index (χ4n) is 1.87. The number of hydrogen-bond donors (Lipinski definition) is 1. The minimum atomic E-state index is -0.160. The predicted octanol–water partition coefficient (Wildman–Crippen LogP) is 1.47. The second-order valence-electron chi connectivity index (χ2n) is 4.49. The minimum absolute atomic E-state index is 0.0489. The van der Waals surface area contributed by atoms with Crippen LogP contribution in [0.25, 0.3) is 0 Å². The maximum Gasteiger partial charge on any atom is 0.307 e. The SMILES string of the molecule is CCCC(N)CC(=O)OCC1CCOCC1. The molecule has 0 amide bonds. The zero-order valence-corrected chi connectivity index (χ0v) is 10.1. The van der Waals surface area contributed by atoms with Crippen LogP contribution in [0.3, 0.4) is 0 Å². The molecule has 4 nitrogen and oxygen atoms in total. The van der Waals surface area contributed by atoms with E-state index < -0.39 is 0 Å². The van der Waals surface area contributed by atoms with Gasteiger partial charge in [-0.1, -0.05) is 13.3 Å². The average Bonchev–Trinajstić information content (AvgIpc) is 2.28. The van der Waals surface area contributed by atoms with E-state index in [4.69, 9.17) is 15.2 Å². The van der Waals surface area contributed by atoms with E-state index >= 15 is 0 Å². The van der Waals surface area contributed by atoms with Crippen LogP contribution < -0.4 is 5.73 Å². The predicted molar refractivity (Wildman–Crippen MR) is 62.0 cm³/mol. The van der Waals surface area contributed by atoms with Gasteiger partial charge in [-0.25, -0.2) is 0 Å². The van der Waals surface area contributed by atoms with Crippen LogP contribution in [0.4, 0.5) is 0 Å². The number of rotatable bonds is 6. The number of hydrogen-bond acceptors (Lipinski definition) is 4. The molecular formula is C12H23NO3. The van der Waals surface area contributed by atoms with Gasteiger partial charge >= 0.3 is 5.97 Å². The summed E-state index contributed by atoms with van der Waals surface area (Å²) in [6.45, 7) is 4.17. The van der Waals surface area contributed by atoms with Crippen LogP contribution in [0.2, 0.25) is 0 Å². The summed E-state index contributed by atoms with van der Waals surface area (Å²) in [5.74, 6) is 0.313. The lowest BCUT2D eigenvalue weighted by molar-refractivity contribution is -0.146. The molecule has 1 heterocycles. The van der Waals surface area contributed by atoms with Crippen molar-refractivity contribution in [3.8, 4) is 0 Å². The molecule has 0 aromatic rings. The van der Waals surface area contributed by atoms with Crippen molar-refractivity contribution in [1.82, 2.24) is 0 Å². The lowest BCUT2D eigenvalue weighted by atomic mass is 10.0. The van der Waals surface area contributed by atoms with E-state index in [0.29, 0.717) is 18.9 Å². The molecule has 0 aromatic carbocycles. The van der Waals surface area contributed by atoms with Gasteiger partial charge in [-0.2, -0.15) is 0 Å². The largest absolute Gasteiger partial charge is 0.465 e. The van der Waals surface area contributed by atoms with Crippen LogP contribution in [0.5, 0.6) is 0 Å². The lowest BCUT2D eigenvalue weighted by Gasteiger charge is -2.21. The molecule has 2 N–H and O–H groups in total. The number of nitrogens with two attached hydrogens (primary N) is 1. The van der Waals surface area contributed by atoms with Crippen molar-refractivity contribution in [2.75, 3.05) is 19.8 Å². The monoisotopic (exact) mass is 229 g/mol. The van der Waals surface area contributed by atoms with E-state index in [1.807, 2.05) is 0 Å². The minimum Gasteiger partial charge on any atom is -0.465 e. The molecule has 1 atom stereocenters. The van der Waals surface area contributed by atoms with Crippen LogP contribution in [-0.4, -0.2) is 31.8 Å². The van der Waals surface area contributed by atoms with Gasteiger partial charge in [-0.15, -0.1) is 0 Å². The third-order valence-electron chi connectivity index (χ3n) is 2.91. The van der Waals surface area contributed by atoms with Crippen LogP contribution in [0, 0.1) is 5.92 Å². The molecule has 0 radical (unpaired) electrons. The van der Waals surface area contributed by atoms with Gasteiger partial charge in [0, 0.05) is 19.3 Å². The Morgan fingerprint density at radius 2 is 2.19 bits per heavy atom. The highest BCUT2D eigenvalue weighted by molar-refractivity contribution is 5.70. The molecule has 1 saturated heterocycles. The van der Waals surface area contributed by atoms with Crippen LogP contribution in [-0.2, 0) is 14.3 Å². The molecule has 0 aliphatic carbocycles. The van der Waals surface area contributed by atoms with E-state index in [1.54, 1.807) is 0 Å². The van der Waals surface area contributed by atoms with E-state index in [-0.39, 0.29) is 12.0 Å². The van der Waals surface area contributed by atoms with Crippen molar-refractivity contribution in [3.05, 3.63) is 0 Å². The summed E-state index contributed by atoms with van der Waals surface area (Å²) in [6.07, 6.45) is 4.22. The Labute approximate surface area is 97.5 Å². The molecule has 1 aliphatic heterocycles. The first kappa shape index (κ1) is 13.5. The van der Waals surface area contributed by atoms with Crippen LogP contribution >= 0.6 is 0 Å². The summed E-state index contributed by atoms with van der Waals surface area (Å²) >= 11 is 0. The number of carbonyl (C=O) groups is 1. The van der Waals surface area contributed by atoms with Gasteiger partial charge < -0.3 is 15.2 Å². The molecular weight excluding hydrogens is 206 g/mol. The Kier molecular flexibility index (Phi) is 6.42. The Morgan fingerprint density at radius 3 is 2.81 bits per heavy atom. The third kappa shape index (κ3) is 5.47. The van der Waals surface area contributed by atoms with Crippen molar-refractivity contribution < 1.29 is 14.3 Å². The zero-order chi connectivity index (χ0) is 11.8. The topological polar surface area (TPSA) is 61.6 Å². The Hall–Kier alpha value is -0.610. The van der Waals surface area contributed by atoms with Gasteiger partial charge in [0.2, 0.25) is 0 Å². The standard InChI is InChI=1S/C12H23NO3/c1-2-3-11(13)8-12(14)16-9-10-4-6-15-7-5-10/h10-11H,2-9,13H2,1H3. The quantitative estimate of drug-likeness (QED) is 0.701. The molecule has 1 aliphatic rings. The van der Waals surface area contributed by atoms with Gasteiger partial charge in [-0.05, 0) is 25.2 Å². The maximum absolute atomic E-state index is 11.4. The van der Waals surface area contributed by atoms with Gasteiger partial charge in [0.05, 0.1) is 13.0 Å². The normalized spacial score (nSPS) is 19.4. The molecule has 16 heavy (non-hydrogen) atoms. The fraction of sp³-hybridized carbons (Fsp3) is 0.917. The van der Waals surface area contributed by atoms with E-state index in [9.17, 15) is 4.79 Å². The fourth-order valence-corrected chi connectivity index (χ4v) is 1.87. The summed E-state index contributed by atoms with van der Waals surface area (Å²) < 4.78 is 10.5. The van der Waals surface area contributed by atoms with E-state index in [1.165, 1.54) is 0 Å². The first-order chi connectivity index (χ1) is 7.72. The number of carbonyl (C=O) groups excluding carboxylic acids is 1. The number of esters is 1. The molecule has 1 unspecified atom stereocenters. The van der Waals surface area contributed by atoms with Crippen molar-refractivity contribution >= 4 is 5.97 Å². The van der Waals surface area contributed by atoms with Crippen molar-refractivity contribution in [2.24, 2.45) is 11.7 Å². The van der Waals surface area contributed by atoms with Crippen molar-refractivity contribution in [3.63, 3.8) is 0 Å². The summed E-state index contributed by atoms with van der Waals surface area (Å²) in [5.41, 5.74) is 5.77.